The Kier molecular flexibility index (Phi) is 3.12. The Bertz CT molecular complexity index is 371. The Hall–Kier alpha value is -1.39. The van der Waals surface area contributed by atoms with Gasteiger partial charge in [-0.2, -0.15) is 13.2 Å². The minimum absolute atomic E-state index is 0.0403. The summed E-state index contributed by atoms with van der Waals surface area (Å²) in [5.74, 6) is 0.0403. The standard InChI is InChI=1S/C10H10F3NO/c1-6(2)7-3-8(5-15)9(14-4-7)10(11,12)13/h3-6H,1-2H3. The third-order valence-electron chi connectivity index (χ3n) is 2.00. The maximum absolute atomic E-state index is 12.3. The van der Waals surface area contributed by atoms with Crippen molar-refractivity contribution in [3.05, 3.63) is 29.1 Å². The quantitative estimate of drug-likeness (QED) is 0.712. The highest BCUT2D eigenvalue weighted by Crippen LogP contribution is 2.30. The van der Waals surface area contributed by atoms with Gasteiger partial charge in [0, 0.05) is 11.8 Å². The number of aldehydes is 1. The Balaban J connectivity index is 3.27. The molecule has 0 aliphatic rings. The van der Waals surface area contributed by atoms with Crippen LogP contribution in [0.15, 0.2) is 12.3 Å². The van der Waals surface area contributed by atoms with Crippen molar-refractivity contribution >= 4 is 6.29 Å². The zero-order chi connectivity index (χ0) is 11.6. The summed E-state index contributed by atoms with van der Waals surface area (Å²) in [4.78, 5) is 13.8. The van der Waals surface area contributed by atoms with Crippen LogP contribution in [-0.2, 0) is 6.18 Å². The van der Waals surface area contributed by atoms with Crippen LogP contribution >= 0.6 is 0 Å². The molecule has 0 saturated carbocycles. The summed E-state index contributed by atoms with van der Waals surface area (Å²) >= 11 is 0. The van der Waals surface area contributed by atoms with Gasteiger partial charge in [0.05, 0.1) is 0 Å². The summed E-state index contributed by atoms with van der Waals surface area (Å²) < 4.78 is 37.0. The van der Waals surface area contributed by atoms with Crippen LogP contribution in [0, 0.1) is 0 Å². The topological polar surface area (TPSA) is 30.0 Å². The molecule has 0 aromatic carbocycles. The Morgan fingerprint density at radius 3 is 2.40 bits per heavy atom. The minimum Gasteiger partial charge on any atom is -0.298 e. The van der Waals surface area contributed by atoms with Crippen molar-refractivity contribution in [3.8, 4) is 0 Å². The fourth-order valence-corrected chi connectivity index (χ4v) is 1.14. The van der Waals surface area contributed by atoms with E-state index in [2.05, 4.69) is 4.98 Å². The predicted octanol–water partition coefficient (Wildman–Crippen LogP) is 3.04. The molecule has 2 nitrogen and oxygen atoms in total. The first-order chi connectivity index (χ1) is 6.86. The summed E-state index contributed by atoms with van der Waals surface area (Å²) in [5, 5.41) is 0. The van der Waals surface area contributed by atoms with Gasteiger partial charge in [-0.25, -0.2) is 0 Å². The van der Waals surface area contributed by atoms with Crippen LogP contribution in [0.3, 0.4) is 0 Å². The van der Waals surface area contributed by atoms with Gasteiger partial charge in [-0.3, -0.25) is 9.78 Å². The molecule has 15 heavy (non-hydrogen) atoms. The summed E-state index contributed by atoms with van der Waals surface area (Å²) in [6.07, 6.45) is -3.24. The van der Waals surface area contributed by atoms with E-state index in [1.807, 2.05) is 13.8 Å². The van der Waals surface area contributed by atoms with Crippen molar-refractivity contribution in [1.29, 1.82) is 0 Å². The Morgan fingerprint density at radius 1 is 1.40 bits per heavy atom. The number of pyridine rings is 1. The second-order valence-corrected chi connectivity index (χ2v) is 3.48. The molecule has 0 amide bonds. The van der Waals surface area contributed by atoms with Gasteiger partial charge >= 0.3 is 6.18 Å². The summed E-state index contributed by atoms with van der Waals surface area (Å²) in [6.45, 7) is 3.64. The highest BCUT2D eigenvalue weighted by Gasteiger charge is 2.35. The molecule has 1 rings (SSSR count). The second-order valence-electron chi connectivity index (χ2n) is 3.48. The molecule has 0 fully saturated rings. The average molecular weight is 217 g/mol. The largest absolute Gasteiger partial charge is 0.434 e. The van der Waals surface area contributed by atoms with Gasteiger partial charge in [-0.15, -0.1) is 0 Å². The monoisotopic (exact) mass is 217 g/mol. The molecule has 0 atom stereocenters. The first-order valence-corrected chi connectivity index (χ1v) is 4.38. The number of carbonyl (C=O) groups is 1. The van der Waals surface area contributed by atoms with Crippen molar-refractivity contribution in [1.82, 2.24) is 4.98 Å². The first kappa shape index (κ1) is 11.7. The Labute approximate surface area is 85.1 Å². The number of alkyl halides is 3. The van der Waals surface area contributed by atoms with Crippen molar-refractivity contribution in [2.24, 2.45) is 0 Å². The van der Waals surface area contributed by atoms with Gasteiger partial charge in [-0.05, 0) is 17.5 Å². The van der Waals surface area contributed by atoms with Gasteiger partial charge in [0.25, 0.3) is 0 Å². The molecule has 0 aliphatic carbocycles. The molecule has 0 bridgehead atoms. The van der Waals surface area contributed by atoms with Gasteiger partial charge < -0.3 is 0 Å². The van der Waals surface area contributed by atoms with Crippen LogP contribution in [0.1, 0.15) is 41.4 Å². The molecule has 1 heterocycles. The third-order valence-corrected chi connectivity index (χ3v) is 2.00. The van der Waals surface area contributed by atoms with Crippen LogP contribution in [0.2, 0.25) is 0 Å². The smallest absolute Gasteiger partial charge is 0.298 e. The van der Waals surface area contributed by atoms with Crippen LogP contribution < -0.4 is 0 Å². The molecule has 1 aromatic rings. The third kappa shape index (κ3) is 2.55. The summed E-state index contributed by atoms with van der Waals surface area (Å²) in [6, 6.07) is 1.23. The number of nitrogens with zero attached hydrogens (tertiary/aromatic N) is 1. The fourth-order valence-electron chi connectivity index (χ4n) is 1.14. The average Bonchev–Trinajstić information content (AvgIpc) is 2.15. The van der Waals surface area contributed by atoms with Gasteiger partial charge in [0.2, 0.25) is 0 Å². The number of aromatic nitrogens is 1. The maximum Gasteiger partial charge on any atom is 0.434 e. The van der Waals surface area contributed by atoms with Crippen LogP contribution in [0.4, 0.5) is 13.2 Å². The van der Waals surface area contributed by atoms with E-state index in [1.54, 1.807) is 0 Å². The highest BCUT2D eigenvalue weighted by molar-refractivity contribution is 5.77. The van der Waals surface area contributed by atoms with E-state index in [0.717, 1.165) is 6.20 Å². The maximum atomic E-state index is 12.3. The number of rotatable bonds is 2. The van der Waals surface area contributed by atoms with E-state index in [0.29, 0.717) is 5.56 Å². The minimum atomic E-state index is -4.58. The van der Waals surface area contributed by atoms with E-state index in [1.165, 1.54) is 6.07 Å². The number of hydrogen-bond donors (Lipinski definition) is 0. The number of halogens is 3. The molecule has 1 aromatic heterocycles. The van der Waals surface area contributed by atoms with E-state index < -0.39 is 17.4 Å². The second kappa shape index (κ2) is 4.00. The molecular weight excluding hydrogens is 207 g/mol. The molecule has 0 saturated heterocycles. The number of carbonyl (C=O) groups excluding carboxylic acids is 1. The molecule has 82 valence electrons. The lowest BCUT2D eigenvalue weighted by atomic mass is 10.0. The highest BCUT2D eigenvalue weighted by atomic mass is 19.4. The van der Waals surface area contributed by atoms with E-state index >= 15 is 0 Å². The molecule has 0 aliphatic heterocycles. The first-order valence-electron chi connectivity index (χ1n) is 4.38. The fraction of sp³-hybridized carbons (Fsp3) is 0.400. The van der Waals surface area contributed by atoms with Gasteiger partial charge in [-0.1, -0.05) is 13.8 Å². The molecule has 0 N–H and O–H groups in total. The van der Waals surface area contributed by atoms with Crippen molar-refractivity contribution in [2.75, 3.05) is 0 Å². The van der Waals surface area contributed by atoms with Crippen LogP contribution in [0.25, 0.3) is 0 Å². The lowest BCUT2D eigenvalue weighted by molar-refractivity contribution is -0.141. The van der Waals surface area contributed by atoms with Gasteiger partial charge in [0.15, 0.2) is 12.0 Å². The Morgan fingerprint density at radius 2 is 2.00 bits per heavy atom. The lowest BCUT2D eigenvalue weighted by Crippen LogP contribution is -2.12. The zero-order valence-corrected chi connectivity index (χ0v) is 8.30. The predicted molar refractivity (Wildman–Crippen MR) is 48.7 cm³/mol. The molecular formula is C10H10F3NO. The summed E-state index contributed by atoms with van der Waals surface area (Å²) in [5.41, 5.74) is -0.916. The molecule has 0 radical (unpaired) electrons. The SMILES string of the molecule is CC(C)c1cnc(C(F)(F)F)c(C=O)c1. The van der Waals surface area contributed by atoms with Crippen LogP contribution in [0.5, 0.6) is 0 Å². The zero-order valence-electron chi connectivity index (χ0n) is 8.30. The summed E-state index contributed by atoms with van der Waals surface area (Å²) in [7, 11) is 0. The van der Waals surface area contributed by atoms with Crippen LogP contribution in [-0.4, -0.2) is 11.3 Å². The van der Waals surface area contributed by atoms with Crippen molar-refractivity contribution < 1.29 is 18.0 Å². The van der Waals surface area contributed by atoms with Crippen molar-refractivity contribution in [2.45, 2.75) is 25.9 Å². The van der Waals surface area contributed by atoms with E-state index in [4.69, 9.17) is 0 Å². The number of hydrogen-bond acceptors (Lipinski definition) is 2. The molecule has 0 unspecified atom stereocenters. The van der Waals surface area contributed by atoms with Crippen molar-refractivity contribution in [3.63, 3.8) is 0 Å². The molecule has 0 spiro atoms. The lowest BCUT2D eigenvalue weighted by Gasteiger charge is -2.11. The van der Waals surface area contributed by atoms with E-state index in [-0.39, 0.29) is 12.2 Å². The normalized spacial score (nSPS) is 11.9. The van der Waals surface area contributed by atoms with E-state index in [9.17, 15) is 18.0 Å². The molecule has 5 heteroatoms. The van der Waals surface area contributed by atoms with Gasteiger partial charge in [0.1, 0.15) is 0 Å².